The van der Waals surface area contributed by atoms with Crippen LogP contribution in [0.3, 0.4) is 0 Å². The minimum atomic E-state index is -1.33. The van der Waals surface area contributed by atoms with Gasteiger partial charge in [0.05, 0.1) is 0 Å². The Balaban J connectivity index is 0. The first-order chi connectivity index (χ1) is 7.59. The fourth-order valence-corrected chi connectivity index (χ4v) is 0.787. The van der Waals surface area contributed by atoms with Crippen LogP contribution in [0.15, 0.2) is 0 Å². The molecule has 0 saturated heterocycles. The number of amides is 2. The molecule has 0 aromatic heterocycles. The Kier molecular flexibility index (Phi) is 8.61. The van der Waals surface area contributed by atoms with Crippen molar-refractivity contribution in [2.45, 2.75) is 32.9 Å². The van der Waals surface area contributed by atoms with Gasteiger partial charge in [0.15, 0.2) is 0 Å². The maximum Gasteiger partial charge on any atom is 0.402 e. The van der Waals surface area contributed by atoms with Gasteiger partial charge in [0.25, 0.3) is 0 Å². The summed E-state index contributed by atoms with van der Waals surface area (Å²) in [5.41, 5.74) is 4.03. The van der Waals surface area contributed by atoms with Gasteiger partial charge < -0.3 is 26.4 Å². The molecule has 0 rings (SSSR count). The van der Waals surface area contributed by atoms with E-state index in [9.17, 15) is 9.59 Å². The van der Waals surface area contributed by atoms with Crippen molar-refractivity contribution < 1.29 is 29.7 Å². The molecule has 0 heterocycles. The molecule has 0 aliphatic rings. The van der Waals surface area contributed by atoms with E-state index in [1.807, 2.05) is 0 Å². The van der Waals surface area contributed by atoms with Crippen molar-refractivity contribution in [2.24, 2.45) is 11.7 Å². The van der Waals surface area contributed by atoms with E-state index < -0.39 is 30.1 Å². The molecule has 8 heteroatoms. The number of carbonyl (C=O) groups excluding carboxylic acids is 1. The van der Waals surface area contributed by atoms with Gasteiger partial charge in [0.1, 0.15) is 12.1 Å². The molecule has 2 atom stereocenters. The third kappa shape index (κ3) is 10.5. The molecular weight excluding hydrogens is 232 g/mol. The van der Waals surface area contributed by atoms with Gasteiger partial charge in [0, 0.05) is 0 Å². The van der Waals surface area contributed by atoms with E-state index in [2.05, 4.69) is 11.1 Å². The van der Waals surface area contributed by atoms with Gasteiger partial charge in [-0.3, -0.25) is 4.79 Å². The number of hydrogen-bond donors (Lipinski definition) is 5. The van der Waals surface area contributed by atoms with Crippen LogP contribution in [0.1, 0.15) is 20.8 Å². The summed E-state index contributed by atoms with van der Waals surface area (Å²) in [4.78, 5) is 30.3. The van der Waals surface area contributed by atoms with E-state index in [0.717, 1.165) is 0 Å². The van der Waals surface area contributed by atoms with Crippen LogP contribution in [-0.4, -0.2) is 45.4 Å². The highest BCUT2D eigenvalue weighted by Crippen LogP contribution is 2.01. The molecule has 1 unspecified atom stereocenters. The first kappa shape index (κ1) is 17.6. The minimum absolute atomic E-state index is 0.208. The van der Waals surface area contributed by atoms with Gasteiger partial charge in [-0.15, -0.1) is 0 Å². The summed E-state index contributed by atoms with van der Waals surface area (Å²) in [6.45, 7) is 4.65. The molecule has 0 spiro atoms. The molecule has 0 aromatic rings. The average molecular weight is 250 g/mol. The molecule has 100 valence electrons. The van der Waals surface area contributed by atoms with E-state index in [1.165, 1.54) is 6.92 Å². The van der Waals surface area contributed by atoms with Gasteiger partial charge in [0.2, 0.25) is 5.91 Å². The molecule has 0 aliphatic heterocycles. The lowest BCUT2D eigenvalue weighted by Crippen LogP contribution is -2.47. The van der Waals surface area contributed by atoms with Gasteiger partial charge in [-0.25, -0.2) is 9.59 Å². The lowest BCUT2D eigenvalue weighted by molar-refractivity contribution is -0.144. The Labute approximate surface area is 98.4 Å². The highest BCUT2D eigenvalue weighted by Gasteiger charge is 2.24. The van der Waals surface area contributed by atoms with E-state index in [-0.39, 0.29) is 5.92 Å². The number of aliphatic carboxylic acids is 1. The van der Waals surface area contributed by atoms with Crippen LogP contribution >= 0.6 is 0 Å². The van der Waals surface area contributed by atoms with Crippen LogP contribution in [0.2, 0.25) is 0 Å². The lowest BCUT2D eigenvalue weighted by Gasteiger charge is -2.18. The summed E-state index contributed by atoms with van der Waals surface area (Å²) < 4.78 is 0. The second-order valence-electron chi connectivity index (χ2n) is 3.58. The average Bonchev–Trinajstić information content (AvgIpc) is 2.11. The zero-order chi connectivity index (χ0) is 14.2. The summed E-state index contributed by atoms with van der Waals surface area (Å²) in [6, 6.07) is -0.943. The van der Waals surface area contributed by atoms with Crippen LogP contribution < -0.4 is 11.1 Å². The Hall–Kier alpha value is -1.83. The van der Waals surface area contributed by atoms with Gasteiger partial charge in [-0.2, -0.15) is 0 Å². The Bertz CT molecular complexity index is 273. The summed E-state index contributed by atoms with van der Waals surface area (Å²) in [5.74, 6) is -1.97. The molecule has 0 fully saturated rings. The molecule has 0 aromatic carbocycles. The maximum atomic E-state index is 10.9. The molecular formula is C9H18N2O6. The second-order valence-corrected chi connectivity index (χ2v) is 3.58. The summed E-state index contributed by atoms with van der Waals surface area (Å²) in [7, 11) is 0. The molecule has 0 saturated carbocycles. The summed E-state index contributed by atoms with van der Waals surface area (Å²) in [5, 5.41) is 26.9. The highest BCUT2D eigenvalue weighted by molar-refractivity contribution is 5.85. The summed E-state index contributed by atoms with van der Waals surface area (Å²) >= 11 is 0. The number of rotatable bonds is 4. The Morgan fingerprint density at radius 1 is 1.12 bits per heavy atom. The predicted molar refractivity (Wildman–Crippen MR) is 58.3 cm³/mol. The topological polar surface area (TPSA) is 150 Å². The Morgan fingerprint density at radius 2 is 1.47 bits per heavy atom. The molecule has 6 N–H and O–H groups in total. The number of aliphatic hydroxyl groups excluding tert-OH is 1. The third-order valence-electron chi connectivity index (χ3n) is 1.61. The van der Waals surface area contributed by atoms with Crippen molar-refractivity contribution in [3.63, 3.8) is 0 Å². The number of carbonyl (C=O) groups is 3. The zero-order valence-electron chi connectivity index (χ0n) is 9.88. The number of primary amides is 1. The molecule has 2 amide bonds. The standard InChI is InChI=1S/C8H15NO4.CH3NO2/c1-4(2)6(8(12)13)9-7(11)5(3)10;2-1(3)4/h4-6,10H,1-3H3,(H,9,11)(H,12,13);2H2,(H,3,4)/t5?,6-;/m0./s1. The van der Waals surface area contributed by atoms with E-state index in [1.54, 1.807) is 13.8 Å². The normalized spacial score (nSPS) is 13.0. The van der Waals surface area contributed by atoms with Gasteiger partial charge in [-0.05, 0) is 12.8 Å². The maximum absolute atomic E-state index is 10.9. The van der Waals surface area contributed by atoms with Crippen molar-refractivity contribution in [1.82, 2.24) is 5.32 Å². The zero-order valence-corrected chi connectivity index (χ0v) is 9.88. The molecule has 0 aliphatic carbocycles. The van der Waals surface area contributed by atoms with Crippen LogP contribution in [0.5, 0.6) is 0 Å². The molecule has 8 nitrogen and oxygen atoms in total. The molecule has 0 bridgehead atoms. The largest absolute Gasteiger partial charge is 0.480 e. The summed E-state index contributed by atoms with van der Waals surface area (Å²) in [6.07, 6.45) is -2.51. The quantitative estimate of drug-likeness (QED) is 0.441. The van der Waals surface area contributed by atoms with Crippen LogP contribution in [-0.2, 0) is 9.59 Å². The van der Waals surface area contributed by atoms with Crippen LogP contribution in [0, 0.1) is 5.92 Å². The number of aliphatic hydroxyl groups is 1. The molecule has 0 radical (unpaired) electrons. The van der Waals surface area contributed by atoms with Crippen LogP contribution in [0.25, 0.3) is 0 Å². The number of carboxylic acids is 1. The van der Waals surface area contributed by atoms with Crippen molar-refractivity contribution in [3.05, 3.63) is 0 Å². The first-order valence-electron chi connectivity index (χ1n) is 4.79. The van der Waals surface area contributed by atoms with Crippen molar-refractivity contribution in [3.8, 4) is 0 Å². The van der Waals surface area contributed by atoms with E-state index in [0.29, 0.717) is 0 Å². The first-order valence-corrected chi connectivity index (χ1v) is 4.79. The second kappa shape index (κ2) is 8.34. The van der Waals surface area contributed by atoms with Crippen molar-refractivity contribution in [2.75, 3.05) is 0 Å². The Morgan fingerprint density at radius 3 is 1.65 bits per heavy atom. The van der Waals surface area contributed by atoms with E-state index in [4.69, 9.17) is 20.1 Å². The number of nitrogens with two attached hydrogens (primary N) is 1. The number of hydrogen-bond acceptors (Lipinski definition) is 4. The third-order valence-corrected chi connectivity index (χ3v) is 1.61. The smallest absolute Gasteiger partial charge is 0.402 e. The number of carboxylic acid groups (broad SMARTS) is 2. The van der Waals surface area contributed by atoms with Gasteiger partial charge in [-0.1, -0.05) is 13.8 Å². The SMILES string of the molecule is CC(O)C(=O)N[C@H](C(=O)O)C(C)C.NC(=O)O. The number of nitrogens with one attached hydrogen (secondary N) is 1. The lowest BCUT2D eigenvalue weighted by atomic mass is 10.0. The van der Waals surface area contributed by atoms with Crippen molar-refractivity contribution >= 4 is 18.0 Å². The van der Waals surface area contributed by atoms with Gasteiger partial charge >= 0.3 is 12.1 Å². The van der Waals surface area contributed by atoms with Crippen LogP contribution in [0.4, 0.5) is 4.79 Å². The predicted octanol–water partition coefficient (Wildman–Crippen LogP) is -0.784. The molecule has 17 heavy (non-hydrogen) atoms. The fourth-order valence-electron chi connectivity index (χ4n) is 0.787. The highest BCUT2D eigenvalue weighted by atomic mass is 16.4. The van der Waals surface area contributed by atoms with E-state index >= 15 is 0 Å². The monoisotopic (exact) mass is 250 g/mol. The van der Waals surface area contributed by atoms with Crippen molar-refractivity contribution in [1.29, 1.82) is 0 Å². The minimum Gasteiger partial charge on any atom is -0.480 e. The fraction of sp³-hybridized carbons (Fsp3) is 0.667.